The lowest BCUT2D eigenvalue weighted by Crippen LogP contribution is -2.15. The van der Waals surface area contributed by atoms with Gasteiger partial charge < -0.3 is 9.47 Å². The predicted molar refractivity (Wildman–Crippen MR) is 55.8 cm³/mol. The van der Waals surface area contributed by atoms with Crippen molar-refractivity contribution < 1.29 is 9.47 Å². The van der Waals surface area contributed by atoms with E-state index >= 15 is 0 Å². The molecule has 0 spiro atoms. The molecule has 1 aromatic rings. The second-order valence-electron chi connectivity index (χ2n) is 2.98. The molecule has 78 valence electrons. The topological polar surface area (TPSA) is 31.4 Å². The average Bonchev–Trinajstić information content (AvgIpc) is 2.26. The summed E-state index contributed by atoms with van der Waals surface area (Å²) in [7, 11) is 1.66. The lowest BCUT2D eigenvalue weighted by Gasteiger charge is -2.10. The summed E-state index contributed by atoms with van der Waals surface area (Å²) in [5.41, 5.74) is 0.846. The Bertz CT molecular complexity index is 263. The standard InChI is InChI=1S/C10H14ClNO2/c1-8(13-2)7-14-10-4-3-9(5-11)12-6-10/h3-4,6,8H,5,7H2,1-2H3. The fourth-order valence-electron chi connectivity index (χ4n) is 0.857. The van der Waals surface area contributed by atoms with Gasteiger partial charge in [-0.1, -0.05) is 0 Å². The average molecular weight is 216 g/mol. The molecule has 1 atom stereocenters. The zero-order chi connectivity index (χ0) is 10.4. The third-order valence-corrected chi connectivity index (χ3v) is 2.10. The molecule has 14 heavy (non-hydrogen) atoms. The maximum atomic E-state index is 5.61. The van der Waals surface area contributed by atoms with Crippen LogP contribution in [0.15, 0.2) is 18.3 Å². The minimum Gasteiger partial charge on any atom is -0.489 e. The second-order valence-corrected chi connectivity index (χ2v) is 3.24. The Balaban J connectivity index is 2.43. The molecule has 0 aliphatic carbocycles. The number of methoxy groups -OCH3 is 1. The molecule has 1 rings (SSSR count). The Morgan fingerprint density at radius 2 is 2.29 bits per heavy atom. The number of hydrogen-bond acceptors (Lipinski definition) is 3. The summed E-state index contributed by atoms with van der Waals surface area (Å²) in [5.74, 6) is 1.16. The third-order valence-electron chi connectivity index (χ3n) is 1.82. The molecular weight excluding hydrogens is 202 g/mol. The highest BCUT2D eigenvalue weighted by molar-refractivity contribution is 6.16. The van der Waals surface area contributed by atoms with Crippen molar-refractivity contribution in [2.75, 3.05) is 13.7 Å². The molecule has 0 saturated heterocycles. The maximum Gasteiger partial charge on any atom is 0.137 e. The first-order valence-electron chi connectivity index (χ1n) is 4.42. The Morgan fingerprint density at radius 3 is 2.79 bits per heavy atom. The fraction of sp³-hybridized carbons (Fsp3) is 0.500. The van der Waals surface area contributed by atoms with Gasteiger partial charge in [0.15, 0.2) is 0 Å². The third kappa shape index (κ3) is 3.52. The van der Waals surface area contributed by atoms with Crippen LogP contribution in [0.5, 0.6) is 5.75 Å². The molecule has 1 heterocycles. The Labute approximate surface area is 89.0 Å². The van der Waals surface area contributed by atoms with E-state index in [1.807, 2.05) is 19.1 Å². The summed E-state index contributed by atoms with van der Waals surface area (Å²) in [6, 6.07) is 3.70. The number of hydrogen-bond donors (Lipinski definition) is 0. The van der Waals surface area contributed by atoms with Gasteiger partial charge in [0, 0.05) is 7.11 Å². The van der Waals surface area contributed by atoms with Crippen molar-refractivity contribution in [2.45, 2.75) is 18.9 Å². The molecule has 0 N–H and O–H groups in total. The van der Waals surface area contributed by atoms with E-state index in [9.17, 15) is 0 Å². The van der Waals surface area contributed by atoms with Crippen molar-refractivity contribution in [2.24, 2.45) is 0 Å². The predicted octanol–water partition coefficient (Wildman–Crippen LogP) is 2.23. The van der Waals surface area contributed by atoms with E-state index in [0.717, 1.165) is 11.4 Å². The van der Waals surface area contributed by atoms with E-state index in [1.54, 1.807) is 13.3 Å². The van der Waals surface area contributed by atoms with E-state index in [0.29, 0.717) is 12.5 Å². The van der Waals surface area contributed by atoms with Crippen LogP contribution < -0.4 is 4.74 Å². The van der Waals surface area contributed by atoms with Crippen molar-refractivity contribution in [1.82, 2.24) is 4.98 Å². The molecule has 0 aliphatic rings. The number of nitrogens with zero attached hydrogens (tertiary/aromatic N) is 1. The molecule has 4 heteroatoms. The number of rotatable bonds is 5. The minimum atomic E-state index is 0.0858. The van der Waals surface area contributed by atoms with Gasteiger partial charge in [-0.25, -0.2) is 0 Å². The second kappa shape index (κ2) is 5.83. The van der Waals surface area contributed by atoms with E-state index in [2.05, 4.69) is 4.98 Å². The number of ether oxygens (including phenoxy) is 2. The normalized spacial score (nSPS) is 12.5. The van der Waals surface area contributed by atoms with E-state index < -0.39 is 0 Å². The molecule has 1 aromatic heterocycles. The molecule has 0 aromatic carbocycles. The highest BCUT2D eigenvalue weighted by atomic mass is 35.5. The summed E-state index contributed by atoms with van der Waals surface area (Å²) in [6.45, 7) is 2.47. The number of halogens is 1. The number of pyridine rings is 1. The van der Waals surface area contributed by atoms with Gasteiger partial charge in [0.05, 0.1) is 23.9 Å². The van der Waals surface area contributed by atoms with Crippen LogP contribution in [0.1, 0.15) is 12.6 Å². The zero-order valence-corrected chi connectivity index (χ0v) is 9.12. The van der Waals surface area contributed by atoms with Crippen LogP contribution in [0.3, 0.4) is 0 Å². The summed E-state index contributed by atoms with van der Waals surface area (Å²) in [5, 5.41) is 0. The Morgan fingerprint density at radius 1 is 1.50 bits per heavy atom. The first kappa shape index (κ1) is 11.3. The smallest absolute Gasteiger partial charge is 0.137 e. The van der Waals surface area contributed by atoms with Crippen LogP contribution in [0.25, 0.3) is 0 Å². The van der Waals surface area contributed by atoms with Crippen molar-refractivity contribution in [3.05, 3.63) is 24.0 Å². The molecular formula is C10H14ClNO2. The fourth-order valence-corrected chi connectivity index (χ4v) is 1.02. The van der Waals surface area contributed by atoms with Gasteiger partial charge in [-0.2, -0.15) is 0 Å². The molecule has 0 radical (unpaired) electrons. The van der Waals surface area contributed by atoms with E-state index in [4.69, 9.17) is 21.1 Å². The molecule has 3 nitrogen and oxygen atoms in total. The maximum absolute atomic E-state index is 5.61. The Kier molecular flexibility index (Phi) is 4.70. The first-order chi connectivity index (χ1) is 6.76. The van der Waals surface area contributed by atoms with Crippen LogP contribution in [-0.4, -0.2) is 24.8 Å². The molecule has 0 aliphatic heterocycles. The quantitative estimate of drug-likeness (QED) is 0.706. The van der Waals surface area contributed by atoms with E-state index in [-0.39, 0.29) is 6.10 Å². The van der Waals surface area contributed by atoms with Crippen molar-refractivity contribution >= 4 is 11.6 Å². The van der Waals surface area contributed by atoms with Gasteiger partial charge >= 0.3 is 0 Å². The molecule has 0 fully saturated rings. The van der Waals surface area contributed by atoms with Gasteiger partial charge in [0.2, 0.25) is 0 Å². The van der Waals surface area contributed by atoms with Gasteiger partial charge in [-0.3, -0.25) is 4.98 Å². The van der Waals surface area contributed by atoms with Gasteiger partial charge in [0.25, 0.3) is 0 Å². The SMILES string of the molecule is COC(C)COc1ccc(CCl)nc1. The molecule has 0 saturated carbocycles. The minimum absolute atomic E-state index is 0.0858. The molecule has 0 bridgehead atoms. The Hall–Kier alpha value is -0.800. The first-order valence-corrected chi connectivity index (χ1v) is 4.96. The van der Waals surface area contributed by atoms with Gasteiger partial charge in [-0.05, 0) is 19.1 Å². The van der Waals surface area contributed by atoms with Gasteiger partial charge in [-0.15, -0.1) is 11.6 Å². The number of alkyl halides is 1. The summed E-state index contributed by atoms with van der Waals surface area (Å²) in [4.78, 5) is 4.10. The number of aromatic nitrogens is 1. The van der Waals surface area contributed by atoms with Crippen molar-refractivity contribution in [3.8, 4) is 5.75 Å². The van der Waals surface area contributed by atoms with Crippen molar-refractivity contribution in [1.29, 1.82) is 0 Å². The van der Waals surface area contributed by atoms with Gasteiger partial charge in [0.1, 0.15) is 12.4 Å². The highest BCUT2D eigenvalue weighted by Crippen LogP contribution is 2.10. The summed E-state index contributed by atoms with van der Waals surface area (Å²) >= 11 is 5.61. The van der Waals surface area contributed by atoms with Crippen LogP contribution in [0.2, 0.25) is 0 Å². The molecule has 0 amide bonds. The van der Waals surface area contributed by atoms with Crippen LogP contribution in [0, 0.1) is 0 Å². The van der Waals surface area contributed by atoms with Crippen LogP contribution >= 0.6 is 11.6 Å². The van der Waals surface area contributed by atoms with E-state index in [1.165, 1.54) is 0 Å². The van der Waals surface area contributed by atoms with Crippen LogP contribution in [-0.2, 0) is 10.6 Å². The zero-order valence-electron chi connectivity index (χ0n) is 8.37. The lowest BCUT2D eigenvalue weighted by atomic mass is 10.3. The monoisotopic (exact) mass is 215 g/mol. The highest BCUT2D eigenvalue weighted by Gasteiger charge is 2.01. The largest absolute Gasteiger partial charge is 0.489 e. The molecule has 1 unspecified atom stereocenters. The summed E-state index contributed by atoms with van der Waals surface area (Å²) in [6.07, 6.45) is 1.75. The lowest BCUT2D eigenvalue weighted by molar-refractivity contribution is 0.0715. The van der Waals surface area contributed by atoms with Crippen LogP contribution in [0.4, 0.5) is 0 Å². The van der Waals surface area contributed by atoms with Crippen molar-refractivity contribution in [3.63, 3.8) is 0 Å². The summed E-state index contributed by atoms with van der Waals surface area (Å²) < 4.78 is 10.5.